The molecule has 2 aromatic carbocycles. The van der Waals surface area contributed by atoms with Crippen LogP contribution in [-0.2, 0) is 22.5 Å². The number of rotatable bonds is 6. The molecule has 0 amide bonds. The molecule has 0 aromatic heterocycles. The Morgan fingerprint density at radius 2 is 1.57 bits per heavy atom. The van der Waals surface area contributed by atoms with Gasteiger partial charge in [0.05, 0.1) is 12.7 Å². The minimum Gasteiger partial charge on any atom is -0.483 e. The largest absolute Gasteiger partial charge is 0.483 e. The molecule has 0 fully saturated rings. The summed E-state index contributed by atoms with van der Waals surface area (Å²) in [6, 6.07) is 19.7. The van der Waals surface area contributed by atoms with Crippen LogP contribution in [0.1, 0.15) is 38.8 Å². The van der Waals surface area contributed by atoms with E-state index in [2.05, 4.69) is 13.8 Å². The lowest BCUT2D eigenvalue weighted by Crippen LogP contribution is -2.60. The van der Waals surface area contributed by atoms with Gasteiger partial charge in [0.15, 0.2) is 5.54 Å². The number of nitrogens with zero attached hydrogens (tertiary/aromatic N) is 2. The molecule has 0 saturated heterocycles. The van der Waals surface area contributed by atoms with E-state index >= 15 is 0 Å². The van der Waals surface area contributed by atoms with Crippen molar-refractivity contribution in [1.29, 1.82) is 0 Å². The highest BCUT2D eigenvalue weighted by atomic mass is 16.5. The van der Waals surface area contributed by atoms with Gasteiger partial charge in [0.2, 0.25) is 11.8 Å². The Morgan fingerprint density at radius 3 is 2.07 bits per heavy atom. The molecule has 5 heteroatoms. The Hall–Kier alpha value is -2.66. The summed E-state index contributed by atoms with van der Waals surface area (Å²) in [4.78, 5) is 9.93. The third kappa shape index (κ3) is 4.57. The highest BCUT2D eigenvalue weighted by molar-refractivity contribution is 5.98. The van der Waals surface area contributed by atoms with E-state index in [1.807, 2.05) is 60.7 Å². The van der Waals surface area contributed by atoms with Crippen LogP contribution in [0.2, 0.25) is 0 Å². The van der Waals surface area contributed by atoms with Crippen LogP contribution in [0.4, 0.5) is 0 Å². The molecule has 1 heterocycles. The number of ether oxygens (including phenoxy) is 2. The molecule has 30 heavy (non-hydrogen) atoms. The third-order valence-electron chi connectivity index (χ3n) is 5.54. The molecule has 2 aromatic rings. The minimum absolute atomic E-state index is 0.176. The van der Waals surface area contributed by atoms with Gasteiger partial charge < -0.3 is 14.6 Å². The SMILES string of the molecule is COC1=N[C@](Cc2ccccc2)(C(C)(C)O)C(OCc2ccccc2)=N[C@H]1C(C)C. The Morgan fingerprint density at radius 1 is 1.00 bits per heavy atom. The van der Waals surface area contributed by atoms with Crippen LogP contribution in [-0.4, -0.2) is 41.2 Å². The maximum Gasteiger partial charge on any atom is 0.216 e. The van der Waals surface area contributed by atoms with E-state index in [0.717, 1.165) is 11.1 Å². The first-order valence-corrected chi connectivity index (χ1v) is 10.4. The zero-order valence-corrected chi connectivity index (χ0v) is 18.5. The van der Waals surface area contributed by atoms with E-state index in [9.17, 15) is 5.11 Å². The number of hydrogen-bond donors (Lipinski definition) is 1. The molecule has 1 aliphatic rings. The van der Waals surface area contributed by atoms with Crippen molar-refractivity contribution in [3.05, 3.63) is 71.8 Å². The molecule has 2 atom stereocenters. The highest BCUT2D eigenvalue weighted by Gasteiger charge is 2.53. The van der Waals surface area contributed by atoms with Gasteiger partial charge in [-0.2, -0.15) is 0 Å². The summed E-state index contributed by atoms with van der Waals surface area (Å²) in [5.74, 6) is 1.15. The molecular formula is C25H32N2O3. The Labute approximate surface area is 179 Å². The van der Waals surface area contributed by atoms with Gasteiger partial charge in [-0.05, 0) is 30.9 Å². The number of benzene rings is 2. The number of methoxy groups -OCH3 is 1. The van der Waals surface area contributed by atoms with Gasteiger partial charge in [-0.1, -0.05) is 74.5 Å². The summed E-state index contributed by atoms with van der Waals surface area (Å²) in [7, 11) is 1.61. The Bertz CT molecular complexity index is 886. The zero-order valence-electron chi connectivity index (χ0n) is 18.5. The second-order valence-electron chi connectivity index (χ2n) is 8.63. The van der Waals surface area contributed by atoms with Crippen molar-refractivity contribution in [2.75, 3.05) is 7.11 Å². The molecule has 160 valence electrons. The van der Waals surface area contributed by atoms with Crippen LogP contribution in [0.3, 0.4) is 0 Å². The van der Waals surface area contributed by atoms with Crippen molar-refractivity contribution < 1.29 is 14.6 Å². The average Bonchev–Trinajstić information content (AvgIpc) is 2.73. The van der Waals surface area contributed by atoms with Gasteiger partial charge in [0.1, 0.15) is 12.6 Å². The molecule has 0 saturated carbocycles. The van der Waals surface area contributed by atoms with E-state index in [1.54, 1.807) is 21.0 Å². The van der Waals surface area contributed by atoms with Crippen LogP contribution in [0.15, 0.2) is 70.6 Å². The van der Waals surface area contributed by atoms with Crippen LogP contribution >= 0.6 is 0 Å². The maximum absolute atomic E-state index is 11.3. The molecule has 1 aliphatic heterocycles. The van der Waals surface area contributed by atoms with E-state index in [1.165, 1.54) is 0 Å². The van der Waals surface area contributed by atoms with E-state index in [4.69, 9.17) is 19.5 Å². The molecule has 1 N–H and O–H groups in total. The second kappa shape index (κ2) is 9.00. The molecule has 0 spiro atoms. The highest BCUT2D eigenvalue weighted by Crippen LogP contribution is 2.37. The summed E-state index contributed by atoms with van der Waals surface area (Å²) in [5, 5.41) is 11.3. The molecule has 0 bridgehead atoms. The number of aliphatic imine (C=N–C) groups is 2. The van der Waals surface area contributed by atoms with Gasteiger partial charge in [-0.3, -0.25) is 0 Å². The van der Waals surface area contributed by atoms with Crippen LogP contribution in [0, 0.1) is 5.92 Å². The fourth-order valence-electron chi connectivity index (χ4n) is 3.69. The van der Waals surface area contributed by atoms with E-state index in [-0.39, 0.29) is 12.0 Å². The van der Waals surface area contributed by atoms with Crippen molar-refractivity contribution in [1.82, 2.24) is 0 Å². The first kappa shape index (κ1) is 22.0. The fraction of sp³-hybridized carbons (Fsp3) is 0.440. The smallest absolute Gasteiger partial charge is 0.216 e. The summed E-state index contributed by atoms with van der Waals surface area (Å²) >= 11 is 0. The normalized spacial score (nSPS) is 21.8. The van der Waals surface area contributed by atoms with E-state index < -0.39 is 11.1 Å². The zero-order chi connectivity index (χ0) is 21.8. The summed E-state index contributed by atoms with van der Waals surface area (Å²) in [6.45, 7) is 8.01. The van der Waals surface area contributed by atoms with Crippen molar-refractivity contribution in [3.63, 3.8) is 0 Å². The van der Waals surface area contributed by atoms with Gasteiger partial charge in [0.25, 0.3) is 0 Å². The quantitative estimate of drug-likeness (QED) is 0.769. The predicted molar refractivity (Wildman–Crippen MR) is 121 cm³/mol. The summed E-state index contributed by atoms with van der Waals surface area (Å²) < 4.78 is 11.9. The van der Waals surface area contributed by atoms with Gasteiger partial charge >= 0.3 is 0 Å². The molecule has 0 radical (unpaired) electrons. The Balaban J connectivity index is 2.07. The predicted octanol–water partition coefficient (Wildman–Crippen LogP) is 4.44. The topological polar surface area (TPSA) is 63.4 Å². The van der Waals surface area contributed by atoms with Gasteiger partial charge in [-0.15, -0.1) is 0 Å². The molecular weight excluding hydrogens is 376 g/mol. The first-order valence-electron chi connectivity index (χ1n) is 10.4. The lowest BCUT2D eigenvalue weighted by atomic mass is 9.76. The fourth-order valence-corrected chi connectivity index (χ4v) is 3.69. The number of hydrogen-bond acceptors (Lipinski definition) is 5. The summed E-state index contributed by atoms with van der Waals surface area (Å²) in [6.07, 6.45) is 0.447. The molecule has 5 nitrogen and oxygen atoms in total. The van der Waals surface area contributed by atoms with Crippen molar-refractivity contribution in [2.24, 2.45) is 15.9 Å². The first-order chi connectivity index (χ1) is 14.3. The average molecular weight is 409 g/mol. The maximum atomic E-state index is 11.3. The van der Waals surface area contributed by atoms with Crippen LogP contribution in [0.25, 0.3) is 0 Å². The molecule has 0 unspecified atom stereocenters. The third-order valence-corrected chi connectivity index (χ3v) is 5.54. The standard InChI is InChI=1S/C25H32N2O3/c1-18(2)21-22(29-5)27-25(24(3,4)28,16-19-12-8-6-9-13-19)23(26-21)30-17-20-14-10-7-11-15-20/h6-15,18,21,28H,16-17H2,1-5H3/t21-,25-/m0/s1. The number of aliphatic hydroxyl groups is 1. The van der Waals surface area contributed by atoms with Gasteiger partial charge in [0, 0.05) is 6.42 Å². The lowest BCUT2D eigenvalue weighted by Gasteiger charge is -2.43. The van der Waals surface area contributed by atoms with Crippen molar-refractivity contribution in [3.8, 4) is 0 Å². The molecule has 3 rings (SSSR count). The minimum atomic E-state index is -1.23. The van der Waals surface area contributed by atoms with E-state index in [0.29, 0.717) is 24.8 Å². The van der Waals surface area contributed by atoms with Crippen LogP contribution in [0.5, 0.6) is 0 Å². The summed E-state index contributed by atoms with van der Waals surface area (Å²) in [5.41, 5.74) is -0.255. The second-order valence-corrected chi connectivity index (χ2v) is 8.63. The van der Waals surface area contributed by atoms with Gasteiger partial charge in [-0.25, -0.2) is 9.98 Å². The lowest BCUT2D eigenvalue weighted by molar-refractivity contribution is 0.0147. The Kier molecular flexibility index (Phi) is 6.61. The van der Waals surface area contributed by atoms with Crippen molar-refractivity contribution in [2.45, 2.75) is 57.9 Å². The monoisotopic (exact) mass is 408 g/mol. The van der Waals surface area contributed by atoms with Crippen molar-refractivity contribution >= 4 is 11.8 Å². The van der Waals surface area contributed by atoms with Crippen LogP contribution < -0.4 is 0 Å². The molecule has 0 aliphatic carbocycles.